The van der Waals surface area contributed by atoms with Crippen LogP contribution in [0.25, 0.3) is 6.08 Å². The van der Waals surface area contributed by atoms with Crippen LogP contribution in [0, 0.1) is 11.3 Å². The van der Waals surface area contributed by atoms with E-state index >= 15 is 0 Å². The molecule has 0 fully saturated rings. The van der Waals surface area contributed by atoms with Crippen molar-refractivity contribution >= 4 is 24.3 Å². The zero-order valence-corrected chi connectivity index (χ0v) is 13.6. The molecule has 7 nitrogen and oxygen atoms in total. The van der Waals surface area contributed by atoms with Crippen LogP contribution < -0.4 is 9.47 Å². The van der Waals surface area contributed by atoms with E-state index in [2.05, 4.69) is 0 Å². The highest BCUT2D eigenvalue weighted by molar-refractivity contribution is 5.96. The van der Waals surface area contributed by atoms with E-state index in [4.69, 9.17) is 19.8 Å². The second kappa shape index (κ2) is 8.26. The fourth-order valence-corrected chi connectivity index (χ4v) is 2.02. The summed E-state index contributed by atoms with van der Waals surface area (Å²) in [6, 6.07) is 11.8. The van der Waals surface area contributed by atoms with E-state index in [1.54, 1.807) is 6.07 Å². The van der Waals surface area contributed by atoms with Crippen molar-refractivity contribution in [2.45, 2.75) is 0 Å². The van der Waals surface area contributed by atoms with Gasteiger partial charge in [-0.25, -0.2) is 9.59 Å². The van der Waals surface area contributed by atoms with Crippen LogP contribution in [0.1, 0.15) is 26.3 Å². The Kier molecular flexibility index (Phi) is 5.85. The number of carboxylic acid groups (broad SMARTS) is 1. The summed E-state index contributed by atoms with van der Waals surface area (Å²) in [4.78, 5) is 33.7. The molecular weight excluding hydrogens is 338 g/mol. The number of nitriles is 1. The van der Waals surface area contributed by atoms with Crippen LogP contribution >= 0.6 is 0 Å². The first-order valence-corrected chi connectivity index (χ1v) is 7.29. The van der Waals surface area contributed by atoms with E-state index in [0.717, 1.165) is 0 Å². The van der Waals surface area contributed by atoms with Crippen molar-refractivity contribution in [3.8, 4) is 17.6 Å². The zero-order chi connectivity index (χ0) is 19.1. The van der Waals surface area contributed by atoms with E-state index in [-0.39, 0.29) is 17.1 Å². The van der Waals surface area contributed by atoms with Crippen LogP contribution in [-0.2, 0) is 4.79 Å². The molecule has 0 saturated carbocycles. The molecule has 0 spiro atoms. The van der Waals surface area contributed by atoms with E-state index in [1.165, 1.54) is 55.7 Å². The lowest BCUT2D eigenvalue weighted by Gasteiger charge is -2.10. The van der Waals surface area contributed by atoms with Gasteiger partial charge in [-0.3, -0.25) is 4.79 Å². The predicted molar refractivity (Wildman–Crippen MR) is 91.0 cm³/mol. The number of rotatable bonds is 6. The second-order valence-corrected chi connectivity index (χ2v) is 5.01. The third-order valence-corrected chi connectivity index (χ3v) is 3.33. The fourth-order valence-electron chi connectivity index (χ4n) is 2.02. The summed E-state index contributed by atoms with van der Waals surface area (Å²) in [7, 11) is 1.36. The molecule has 130 valence electrons. The smallest absolute Gasteiger partial charge is 0.346 e. The first-order chi connectivity index (χ1) is 12.5. The SMILES string of the molecule is COc1cc(/C=C(\C#N)C(=O)O)ccc1OC(=O)c1ccc(C=O)cc1. The van der Waals surface area contributed by atoms with Gasteiger partial charge in [0.1, 0.15) is 17.9 Å². The van der Waals surface area contributed by atoms with Crippen molar-refractivity contribution in [3.63, 3.8) is 0 Å². The van der Waals surface area contributed by atoms with Gasteiger partial charge in [-0.05, 0) is 35.9 Å². The van der Waals surface area contributed by atoms with Crippen molar-refractivity contribution in [3.05, 3.63) is 64.7 Å². The van der Waals surface area contributed by atoms with Gasteiger partial charge in [0.15, 0.2) is 11.5 Å². The number of ether oxygens (including phenoxy) is 2. The van der Waals surface area contributed by atoms with E-state index in [0.29, 0.717) is 17.4 Å². The third-order valence-electron chi connectivity index (χ3n) is 3.33. The normalized spacial score (nSPS) is 10.5. The number of hydrogen-bond donors (Lipinski definition) is 1. The molecule has 2 rings (SSSR count). The maximum Gasteiger partial charge on any atom is 0.346 e. The molecule has 0 heterocycles. The summed E-state index contributed by atoms with van der Waals surface area (Å²) < 4.78 is 10.4. The molecule has 0 radical (unpaired) electrons. The summed E-state index contributed by atoms with van der Waals surface area (Å²) in [6.45, 7) is 0. The number of carboxylic acids is 1. The average Bonchev–Trinajstić information content (AvgIpc) is 2.66. The van der Waals surface area contributed by atoms with Crippen molar-refractivity contribution < 1.29 is 29.0 Å². The van der Waals surface area contributed by atoms with Gasteiger partial charge in [0.05, 0.1) is 12.7 Å². The van der Waals surface area contributed by atoms with Gasteiger partial charge in [-0.2, -0.15) is 5.26 Å². The minimum atomic E-state index is -1.35. The van der Waals surface area contributed by atoms with Crippen LogP contribution in [-0.4, -0.2) is 30.4 Å². The number of carbonyl (C=O) groups excluding carboxylic acids is 2. The summed E-state index contributed by atoms with van der Waals surface area (Å²) in [5.74, 6) is -1.67. The number of hydrogen-bond acceptors (Lipinski definition) is 6. The predicted octanol–water partition coefficient (Wildman–Crippen LogP) is 2.72. The van der Waals surface area contributed by atoms with Crippen LogP contribution in [0.3, 0.4) is 0 Å². The average molecular weight is 351 g/mol. The van der Waals surface area contributed by atoms with E-state index in [1.807, 2.05) is 0 Å². The van der Waals surface area contributed by atoms with Gasteiger partial charge < -0.3 is 14.6 Å². The highest BCUT2D eigenvalue weighted by Crippen LogP contribution is 2.29. The Bertz CT molecular complexity index is 922. The lowest BCUT2D eigenvalue weighted by atomic mass is 10.1. The fraction of sp³-hybridized carbons (Fsp3) is 0.0526. The summed E-state index contributed by atoms with van der Waals surface area (Å²) in [5, 5.41) is 17.7. The van der Waals surface area contributed by atoms with Crippen LogP contribution in [0.15, 0.2) is 48.0 Å². The Balaban J connectivity index is 2.27. The molecule has 0 unspecified atom stereocenters. The van der Waals surface area contributed by atoms with Gasteiger partial charge in [-0.1, -0.05) is 18.2 Å². The van der Waals surface area contributed by atoms with Crippen LogP contribution in [0.2, 0.25) is 0 Å². The largest absolute Gasteiger partial charge is 0.493 e. The van der Waals surface area contributed by atoms with Crippen molar-refractivity contribution in [1.82, 2.24) is 0 Å². The molecule has 0 amide bonds. The molecule has 7 heteroatoms. The maximum absolute atomic E-state index is 12.2. The lowest BCUT2D eigenvalue weighted by molar-refractivity contribution is -0.132. The first kappa shape index (κ1) is 18.4. The molecule has 1 N–H and O–H groups in total. The molecule has 0 bridgehead atoms. The Hall–Kier alpha value is -3.92. The maximum atomic E-state index is 12.2. The van der Waals surface area contributed by atoms with Gasteiger partial charge in [0.25, 0.3) is 0 Å². The van der Waals surface area contributed by atoms with Crippen LogP contribution in [0.4, 0.5) is 0 Å². The third kappa shape index (κ3) is 4.33. The molecule has 2 aromatic carbocycles. The Morgan fingerprint density at radius 2 is 1.73 bits per heavy atom. The molecule has 26 heavy (non-hydrogen) atoms. The molecule has 0 atom stereocenters. The van der Waals surface area contributed by atoms with Gasteiger partial charge in [0, 0.05) is 5.56 Å². The highest BCUT2D eigenvalue weighted by Gasteiger charge is 2.14. The molecule has 0 saturated heterocycles. The standard InChI is InChI=1S/C19H13NO6/c1-25-17-9-13(8-15(10-20)18(22)23)4-7-16(17)26-19(24)14-5-2-12(11-21)3-6-14/h2-9,11H,1H3,(H,22,23)/b15-8+. The molecule has 0 aliphatic heterocycles. The first-order valence-electron chi connectivity index (χ1n) is 7.29. The number of benzene rings is 2. The summed E-state index contributed by atoms with van der Waals surface area (Å²) >= 11 is 0. The Labute approximate surface area is 148 Å². The minimum Gasteiger partial charge on any atom is -0.493 e. The second-order valence-electron chi connectivity index (χ2n) is 5.01. The summed E-state index contributed by atoms with van der Waals surface area (Å²) in [6.07, 6.45) is 1.84. The monoisotopic (exact) mass is 351 g/mol. The van der Waals surface area contributed by atoms with Gasteiger partial charge in [0.2, 0.25) is 0 Å². The zero-order valence-electron chi connectivity index (χ0n) is 13.6. The number of carbonyl (C=O) groups is 3. The van der Waals surface area contributed by atoms with Crippen molar-refractivity contribution in [1.29, 1.82) is 5.26 Å². The van der Waals surface area contributed by atoms with E-state index < -0.39 is 17.5 Å². The molecule has 0 aliphatic carbocycles. The molecule has 0 aliphatic rings. The number of aldehydes is 1. The number of methoxy groups -OCH3 is 1. The van der Waals surface area contributed by atoms with Gasteiger partial charge >= 0.3 is 11.9 Å². The minimum absolute atomic E-state index is 0.128. The van der Waals surface area contributed by atoms with Crippen molar-refractivity contribution in [2.75, 3.05) is 7.11 Å². The van der Waals surface area contributed by atoms with E-state index in [9.17, 15) is 14.4 Å². The molecule has 0 aromatic heterocycles. The topological polar surface area (TPSA) is 114 Å². The van der Waals surface area contributed by atoms with Crippen molar-refractivity contribution in [2.24, 2.45) is 0 Å². The number of nitrogens with zero attached hydrogens (tertiary/aromatic N) is 1. The highest BCUT2D eigenvalue weighted by atomic mass is 16.6. The summed E-state index contributed by atoms with van der Waals surface area (Å²) in [5.41, 5.74) is 0.643. The number of aliphatic carboxylic acids is 1. The Morgan fingerprint density at radius 1 is 1.08 bits per heavy atom. The van der Waals surface area contributed by atoms with Crippen LogP contribution in [0.5, 0.6) is 11.5 Å². The Morgan fingerprint density at radius 3 is 2.27 bits per heavy atom. The number of esters is 1. The quantitative estimate of drug-likeness (QED) is 0.280. The lowest BCUT2D eigenvalue weighted by Crippen LogP contribution is -2.09. The molecule has 2 aromatic rings. The van der Waals surface area contributed by atoms with Gasteiger partial charge in [-0.15, -0.1) is 0 Å². The molecular formula is C19H13NO6.